The third-order valence-electron chi connectivity index (χ3n) is 4.17. The van der Waals surface area contributed by atoms with E-state index in [2.05, 4.69) is 0 Å². The summed E-state index contributed by atoms with van der Waals surface area (Å²) in [5.41, 5.74) is 6.50. The van der Waals surface area contributed by atoms with Crippen LogP contribution in [0.15, 0.2) is 17.0 Å². The van der Waals surface area contributed by atoms with E-state index in [4.69, 9.17) is 5.73 Å². The Morgan fingerprint density at radius 2 is 1.76 bits per heavy atom. The van der Waals surface area contributed by atoms with Crippen LogP contribution in [0.2, 0.25) is 0 Å². The fourth-order valence-corrected chi connectivity index (χ4v) is 4.99. The summed E-state index contributed by atoms with van der Waals surface area (Å²) in [5.74, 6) is 0.113. The third kappa shape index (κ3) is 3.44. The van der Waals surface area contributed by atoms with Crippen molar-refractivity contribution < 1.29 is 12.8 Å². The minimum absolute atomic E-state index is 0.251. The predicted octanol–water partition coefficient (Wildman–Crippen LogP) is 2.19. The van der Waals surface area contributed by atoms with Crippen molar-refractivity contribution in [1.82, 2.24) is 4.31 Å². The summed E-state index contributed by atoms with van der Waals surface area (Å²) in [4.78, 5) is 0.251. The standard InChI is InChI=1S/C15H23FN2O2S/c1-11-9-14(16)10-12(2)15(11)21(19,20)18-7-4-13(3-6-17)5-8-18/h9-10,13H,3-8,17H2,1-2H3. The Kier molecular flexibility index (Phi) is 5.01. The van der Waals surface area contributed by atoms with Crippen molar-refractivity contribution >= 4 is 10.0 Å². The quantitative estimate of drug-likeness (QED) is 0.926. The van der Waals surface area contributed by atoms with Gasteiger partial charge in [0.25, 0.3) is 0 Å². The summed E-state index contributed by atoms with van der Waals surface area (Å²) in [6.45, 7) is 4.97. The molecular formula is C15H23FN2O2S. The molecule has 4 nitrogen and oxygen atoms in total. The van der Waals surface area contributed by atoms with Crippen LogP contribution in [0.5, 0.6) is 0 Å². The van der Waals surface area contributed by atoms with E-state index in [-0.39, 0.29) is 4.90 Å². The molecule has 0 unspecified atom stereocenters. The summed E-state index contributed by atoms with van der Waals surface area (Å²) in [7, 11) is -3.54. The molecule has 0 saturated carbocycles. The fraction of sp³-hybridized carbons (Fsp3) is 0.600. The number of hydrogen-bond donors (Lipinski definition) is 1. The lowest BCUT2D eigenvalue weighted by atomic mass is 9.95. The highest BCUT2D eigenvalue weighted by Crippen LogP contribution is 2.29. The lowest BCUT2D eigenvalue weighted by Crippen LogP contribution is -2.39. The number of rotatable bonds is 4. The highest BCUT2D eigenvalue weighted by atomic mass is 32.2. The molecule has 1 saturated heterocycles. The number of benzene rings is 1. The maximum absolute atomic E-state index is 13.4. The van der Waals surface area contributed by atoms with Crippen LogP contribution in [0.25, 0.3) is 0 Å². The van der Waals surface area contributed by atoms with Crippen LogP contribution in [0.3, 0.4) is 0 Å². The zero-order valence-electron chi connectivity index (χ0n) is 12.6. The average molecular weight is 314 g/mol. The van der Waals surface area contributed by atoms with Crippen molar-refractivity contribution in [2.45, 2.75) is 38.0 Å². The molecular weight excluding hydrogens is 291 g/mol. The molecule has 1 aliphatic rings. The van der Waals surface area contributed by atoms with Gasteiger partial charge in [0.2, 0.25) is 10.0 Å². The molecule has 0 radical (unpaired) electrons. The molecule has 2 rings (SSSR count). The van der Waals surface area contributed by atoms with Gasteiger partial charge in [-0.15, -0.1) is 0 Å². The monoisotopic (exact) mass is 314 g/mol. The van der Waals surface area contributed by atoms with Crippen molar-refractivity contribution in [2.24, 2.45) is 11.7 Å². The van der Waals surface area contributed by atoms with Gasteiger partial charge in [-0.1, -0.05) is 0 Å². The van der Waals surface area contributed by atoms with Crippen LogP contribution < -0.4 is 5.73 Å². The second-order valence-corrected chi connectivity index (χ2v) is 7.67. The number of nitrogens with zero attached hydrogens (tertiary/aromatic N) is 1. The molecule has 6 heteroatoms. The van der Waals surface area contributed by atoms with Gasteiger partial charge >= 0.3 is 0 Å². The molecule has 21 heavy (non-hydrogen) atoms. The molecule has 118 valence electrons. The first kappa shape index (κ1) is 16.4. The highest BCUT2D eigenvalue weighted by Gasteiger charge is 2.31. The van der Waals surface area contributed by atoms with Crippen LogP contribution in [0, 0.1) is 25.6 Å². The molecule has 1 aromatic rings. The summed E-state index contributed by atoms with van der Waals surface area (Å²) in [6.07, 6.45) is 2.63. The summed E-state index contributed by atoms with van der Waals surface area (Å²) in [6, 6.07) is 2.56. The van der Waals surface area contributed by atoms with E-state index in [1.165, 1.54) is 16.4 Å². The Bertz CT molecular complexity index is 585. The fourth-order valence-electron chi connectivity index (χ4n) is 3.11. The number of sulfonamides is 1. The highest BCUT2D eigenvalue weighted by molar-refractivity contribution is 7.89. The Balaban J connectivity index is 2.24. The molecule has 0 spiro atoms. The zero-order valence-corrected chi connectivity index (χ0v) is 13.4. The van der Waals surface area contributed by atoms with E-state index in [1.807, 2.05) is 0 Å². The summed E-state index contributed by atoms with van der Waals surface area (Å²) < 4.78 is 40.4. The molecule has 1 aromatic carbocycles. The van der Waals surface area contributed by atoms with Crippen molar-refractivity contribution in [3.8, 4) is 0 Å². The Labute approximate surface area is 126 Å². The van der Waals surface area contributed by atoms with Gasteiger partial charge in [-0.3, -0.25) is 0 Å². The van der Waals surface area contributed by atoms with Gasteiger partial charge in [0.15, 0.2) is 0 Å². The second-order valence-electron chi connectivity index (χ2n) is 5.79. The molecule has 1 fully saturated rings. The number of hydrogen-bond acceptors (Lipinski definition) is 3. The Morgan fingerprint density at radius 3 is 2.24 bits per heavy atom. The van der Waals surface area contributed by atoms with Crippen LogP contribution in [0.1, 0.15) is 30.4 Å². The molecule has 0 amide bonds. The van der Waals surface area contributed by atoms with Gasteiger partial charge < -0.3 is 5.73 Å². The van der Waals surface area contributed by atoms with E-state index >= 15 is 0 Å². The van der Waals surface area contributed by atoms with Crippen molar-refractivity contribution in [3.63, 3.8) is 0 Å². The van der Waals surface area contributed by atoms with Gasteiger partial charge in [-0.2, -0.15) is 4.31 Å². The largest absolute Gasteiger partial charge is 0.330 e. The molecule has 0 atom stereocenters. The maximum Gasteiger partial charge on any atom is 0.243 e. The number of halogens is 1. The predicted molar refractivity (Wildman–Crippen MR) is 81.0 cm³/mol. The zero-order chi connectivity index (χ0) is 15.6. The third-order valence-corrected chi connectivity index (χ3v) is 6.38. The van der Waals surface area contributed by atoms with E-state index in [9.17, 15) is 12.8 Å². The van der Waals surface area contributed by atoms with E-state index < -0.39 is 15.8 Å². The normalized spacial score (nSPS) is 18.1. The first-order valence-electron chi connectivity index (χ1n) is 7.33. The molecule has 0 aliphatic carbocycles. The number of nitrogens with two attached hydrogens (primary N) is 1. The van der Waals surface area contributed by atoms with Crippen molar-refractivity contribution in [2.75, 3.05) is 19.6 Å². The first-order valence-corrected chi connectivity index (χ1v) is 8.77. The molecule has 2 N–H and O–H groups in total. The lowest BCUT2D eigenvalue weighted by molar-refractivity contribution is 0.265. The average Bonchev–Trinajstić information content (AvgIpc) is 2.38. The van der Waals surface area contributed by atoms with Crippen molar-refractivity contribution in [1.29, 1.82) is 0 Å². The molecule has 0 aromatic heterocycles. The topological polar surface area (TPSA) is 63.4 Å². The van der Waals surface area contributed by atoms with Crippen LogP contribution >= 0.6 is 0 Å². The van der Waals surface area contributed by atoms with Crippen LogP contribution in [-0.2, 0) is 10.0 Å². The van der Waals surface area contributed by atoms with Gasteiger partial charge in [0, 0.05) is 13.1 Å². The van der Waals surface area contributed by atoms with Gasteiger partial charge in [0.05, 0.1) is 4.90 Å². The summed E-state index contributed by atoms with van der Waals surface area (Å²) in [5, 5.41) is 0. The minimum Gasteiger partial charge on any atom is -0.330 e. The summed E-state index contributed by atoms with van der Waals surface area (Å²) >= 11 is 0. The minimum atomic E-state index is -3.54. The van der Waals surface area contributed by atoms with Gasteiger partial charge in [0.1, 0.15) is 5.82 Å². The maximum atomic E-state index is 13.4. The smallest absolute Gasteiger partial charge is 0.243 e. The van der Waals surface area contributed by atoms with E-state index in [0.717, 1.165) is 19.3 Å². The molecule has 1 heterocycles. The van der Waals surface area contributed by atoms with E-state index in [1.54, 1.807) is 13.8 Å². The van der Waals surface area contributed by atoms with Crippen LogP contribution in [-0.4, -0.2) is 32.4 Å². The first-order chi connectivity index (χ1) is 9.86. The lowest BCUT2D eigenvalue weighted by Gasteiger charge is -2.31. The van der Waals surface area contributed by atoms with Gasteiger partial charge in [-0.05, 0) is 68.8 Å². The number of piperidine rings is 1. The van der Waals surface area contributed by atoms with Gasteiger partial charge in [-0.25, -0.2) is 12.8 Å². The Morgan fingerprint density at radius 1 is 1.24 bits per heavy atom. The Hall–Kier alpha value is -0.980. The molecule has 1 aliphatic heterocycles. The van der Waals surface area contributed by atoms with E-state index in [0.29, 0.717) is 36.7 Å². The second kappa shape index (κ2) is 6.42. The number of aryl methyl sites for hydroxylation is 2. The molecule has 0 bridgehead atoms. The SMILES string of the molecule is Cc1cc(F)cc(C)c1S(=O)(=O)N1CCC(CCN)CC1. The van der Waals surface area contributed by atoms with Crippen LogP contribution in [0.4, 0.5) is 4.39 Å². The van der Waals surface area contributed by atoms with Crippen molar-refractivity contribution in [3.05, 3.63) is 29.1 Å².